The van der Waals surface area contributed by atoms with Crippen LogP contribution in [-0.4, -0.2) is 35.3 Å². The van der Waals surface area contributed by atoms with Crippen molar-refractivity contribution in [2.24, 2.45) is 0 Å². The van der Waals surface area contributed by atoms with Gasteiger partial charge in [-0.1, -0.05) is 12.1 Å². The summed E-state index contributed by atoms with van der Waals surface area (Å²) in [5.74, 6) is -3.59. The number of nitrogens with zero attached hydrogens (tertiary/aromatic N) is 7. The Morgan fingerprint density at radius 3 is 2.43 bits per heavy atom. The quantitative estimate of drug-likeness (QED) is 0.402. The van der Waals surface area contributed by atoms with E-state index >= 15 is 0 Å². The van der Waals surface area contributed by atoms with E-state index < -0.39 is 17.8 Å². The molecule has 1 atom stereocenters. The molecule has 0 aliphatic heterocycles. The Morgan fingerprint density at radius 2 is 1.74 bits per heavy atom. The molecule has 4 aromatic heterocycles. The average molecular weight is 474 g/mol. The molecule has 5 aromatic rings. The first-order valence-corrected chi connectivity index (χ1v) is 10.4. The lowest BCUT2D eigenvalue weighted by molar-refractivity contribution is -0.0217. The minimum absolute atomic E-state index is 0.123. The molecule has 174 valence electrons. The van der Waals surface area contributed by atoms with Crippen LogP contribution in [0.2, 0.25) is 0 Å². The summed E-state index contributed by atoms with van der Waals surface area (Å²) in [5.41, 5.74) is 8.65. The highest BCUT2D eigenvalue weighted by Gasteiger charge is 2.37. The maximum Gasteiger partial charge on any atom is 0.271 e. The molecule has 0 saturated heterocycles. The number of aromatic nitrogens is 6. The van der Waals surface area contributed by atoms with Gasteiger partial charge in [0.2, 0.25) is 5.95 Å². The molecule has 35 heavy (non-hydrogen) atoms. The number of halogens is 3. The molecular formula is C24H17F3N8. The number of nitriles is 1. The number of nitrogens with two attached hydrogens (primary N) is 1. The number of fused-ring (bicyclic) bond motifs is 1. The van der Waals surface area contributed by atoms with Gasteiger partial charge in [0.1, 0.15) is 11.9 Å². The van der Waals surface area contributed by atoms with Crippen LogP contribution >= 0.6 is 0 Å². The molecule has 0 radical (unpaired) electrons. The molecule has 0 aliphatic carbocycles. The highest BCUT2D eigenvalue weighted by molar-refractivity contribution is 5.70. The Morgan fingerprint density at radius 1 is 1.03 bits per heavy atom. The van der Waals surface area contributed by atoms with Crippen molar-refractivity contribution >= 4 is 11.6 Å². The Bertz CT molecular complexity index is 1580. The molecule has 0 unspecified atom stereocenters. The number of nitrogen functional groups attached to an aromatic ring is 1. The van der Waals surface area contributed by atoms with Crippen LogP contribution in [0.15, 0.2) is 67.1 Å². The minimum atomic E-state index is -3.19. The fourth-order valence-electron chi connectivity index (χ4n) is 3.88. The van der Waals surface area contributed by atoms with Gasteiger partial charge in [0.15, 0.2) is 5.65 Å². The lowest BCUT2D eigenvalue weighted by Gasteiger charge is -2.24. The highest BCUT2D eigenvalue weighted by atomic mass is 19.3. The lowest BCUT2D eigenvalue weighted by Crippen LogP contribution is -2.29. The predicted octanol–water partition coefficient (Wildman–Crippen LogP) is 4.49. The normalized spacial score (nSPS) is 12.5. The number of pyridine rings is 2. The molecule has 2 N–H and O–H groups in total. The van der Waals surface area contributed by atoms with E-state index in [0.29, 0.717) is 33.7 Å². The second-order valence-corrected chi connectivity index (χ2v) is 8.05. The zero-order chi connectivity index (χ0) is 24.7. The summed E-state index contributed by atoms with van der Waals surface area (Å²) in [5, 5.41) is 17.7. The second-order valence-electron chi connectivity index (χ2n) is 8.05. The average Bonchev–Trinajstić information content (AvgIpc) is 3.44. The van der Waals surface area contributed by atoms with Crippen LogP contribution in [0.3, 0.4) is 0 Å². The molecule has 11 heteroatoms. The van der Waals surface area contributed by atoms with Gasteiger partial charge in [-0.3, -0.25) is 4.68 Å². The minimum Gasteiger partial charge on any atom is -0.366 e. The summed E-state index contributed by atoms with van der Waals surface area (Å²) >= 11 is 0. The first-order chi connectivity index (χ1) is 16.7. The van der Waals surface area contributed by atoms with Crippen LogP contribution in [0.1, 0.15) is 24.1 Å². The van der Waals surface area contributed by atoms with E-state index in [-0.39, 0.29) is 11.5 Å². The van der Waals surface area contributed by atoms with Gasteiger partial charge >= 0.3 is 0 Å². The number of anilines is 1. The van der Waals surface area contributed by atoms with Crippen LogP contribution < -0.4 is 5.73 Å². The topological polar surface area (TPSA) is 111 Å². The Labute approximate surface area is 197 Å². The van der Waals surface area contributed by atoms with Gasteiger partial charge < -0.3 is 5.73 Å². The third-order valence-corrected chi connectivity index (χ3v) is 5.43. The molecule has 0 fully saturated rings. The zero-order valence-corrected chi connectivity index (χ0v) is 18.3. The highest BCUT2D eigenvalue weighted by Crippen LogP contribution is 2.35. The van der Waals surface area contributed by atoms with Crippen LogP contribution in [0, 0.1) is 17.1 Å². The van der Waals surface area contributed by atoms with E-state index in [1.54, 1.807) is 30.5 Å². The van der Waals surface area contributed by atoms with Crippen molar-refractivity contribution in [1.82, 2.24) is 29.4 Å². The Kier molecular flexibility index (Phi) is 5.21. The van der Waals surface area contributed by atoms with Crippen molar-refractivity contribution in [1.29, 1.82) is 5.26 Å². The van der Waals surface area contributed by atoms with Crippen molar-refractivity contribution in [3.8, 4) is 28.6 Å². The SMILES string of the molecule is CC(F)(F)[C@@H](c1ccc(F)cc1)n1cc(-c2cc(C#N)cc(-c3ccn4nc(N)nc4c3)n2)cn1. The number of rotatable bonds is 5. The maximum atomic E-state index is 14.6. The maximum absolute atomic E-state index is 14.6. The third-order valence-electron chi connectivity index (χ3n) is 5.43. The van der Waals surface area contributed by atoms with Crippen LogP contribution in [-0.2, 0) is 0 Å². The van der Waals surface area contributed by atoms with Gasteiger partial charge in [0, 0.05) is 30.4 Å². The van der Waals surface area contributed by atoms with Crippen molar-refractivity contribution in [3.63, 3.8) is 0 Å². The van der Waals surface area contributed by atoms with E-state index in [2.05, 4.69) is 26.2 Å². The molecule has 0 aliphatic rings. The van der Waals surface area contributed by atoms with Crippen LogP contribution in [0.25, 0.3) is 28.2 Å². The van der Waals surface area contributed by atoms with E-state index in [9.17, 15) is 18.4 Å². The predicted molar refractivity (Wildman–Crippen MR) is 122 cm³/mol. The molecule has 5 rings (SSSR count). The number of alkyl halides is 2. The van der Waals surface area contributed by atoms with E-state index in [1.165, 1.54) is 29.0 Å². The largest absolute Gasteiger partial charge is 0.366 e. The standard InChI is InChI=1S/C24H17F3N8/c1-24(26,27)22(15-2-4-18(25)5-3-15)35-13-17(12-30-35)20-9-14(11-28)8-19(31-20)16-6-7-34-21(10-16)32-23(29)33-34/h2-10,12-13,22H,1H3,(H2,29,33)/t22-/m1/s1. The fraction of sp³-hybridized carbons (Fsp3) is 0.125. The van der Waals surface area contributed by atoms with E-state index in [0.717, 1.165) is 23.7 Å². The van der Waals surface area contributed by atoms with Gasteiger partial charge in [-0.2, -0.15) is 15.3 Å². The molecule has 1 aromatic carbocycles. The number of hydrogen-bond acceptors (Lipinski definition) is 6. The number of benzene rings is 1. The molecule has 0 spiro atoms. The molecule has 0 amide bonds. The van der Waals surface area contributed by atoms with Crippen LogP contribution in [0.5, 0.6) is 0 Å². The third kappa shape index (κ3) is 4.29. The van der Waals surface area contributed by atoms with Gasteiger partial charge in [-0.25, -0.2) is 22.7 Å². The molecule has 4 heterocycles. The summed E-state index contributed by atoms with van der Waals surface area (Å²) in [4.78, 5) is 8.76. The van der Waals surface area contributed by atoms with Gasteiger partial charge in [0.25, 0.3) is 5.92 Å². The summed E-state index contributed by atoms with van der Waals surface area (Å²) in [7, 11) is 0. The fourth-order valence-corrected chi connectivity index (χ4v) is 3.88. The first-order valence-electron chi connectivity index (χ1n) is 10.4. The molecule has 0 saturated carbocycles. The van der Waals surface area contributed by atoms with Gasteiger partial charge in [0.05, 0.1) is 29.2 Å². The molecular weight excluding hydrogens is 457 g/mol. The second kappa shape index (κ2) is 8.25. The van der Waals surface area contributed by atoms with Gasteiger partial charge in [-0.05, 0) is 42.0 Å². The number of hydrogen-bond donors (Lipinski definition) is 1. The van der Waals surface area contributed by atoms with Crippen LogP contribution in [0.4, 0.5) is 19.1 Å². The smallest absolute Gasteiger partial charge is 0.271 e. The van der Waals surface area contributed by atoms with E-state index in [4.69, 9.17) is 5.73 Å². The first kappa shape index (κ1) is 22.1. The van der Waals surface area contributed by atoms with Gasteiger partial charge in [-0.15, -0.1) is 5.10 Å². The summed E-state index contributed by atoms with van der Waals surface area (Å²) in [6.07, 6.45) is 4.50. The Balaban J connectivity index is 1.57. The van der Waals surface area contributed by atoms with E-state index in [1.807, 2.05) is 0 Å². The monoisotopic (exact) mass is 474 g/mol. The van der Waals surface area contributed by atoms with Crippen molar-refractivity contribution in [2.75, 3.05) is 5.73 Å². The molecule has 0 bridgehead atoms. The summed E-state index contributed by atoms with van der Waals surface area (Å²) in [6.45, 7) is 0.780. The molecule has 8 nitrogen and oxygen atoms in total. The summed E-state index contributed by atoms with van der Waals surface area (Å²) < 4.78 is 45.1. The lowest BCUT2D eigenvalue weighted by atomic mass is 10.0. The Hall–Kier alpha value is -4.72. The van der Waals surface area contributed by atoms with Crippen molar-refractivity contribution in [3.05, 3.63) is 84.1 Å². The summed E-state index contributed by atoms with van der Waals surface area (Å²) in [6, 6.07) is 12.1. The zero-order valence-electron chi connectivity index (χ0n) is 18.3. The van der Waals surface area contributed by atoms with Crippen molar-refractivity contribution in [2.45, 2.75) is 18.9 Å². The van der Waals surface area contributed by atoms with Crippen molar-refractivity contribution < 1.29 is 13.2 Å².